The topological polar surface area (TPSA) is 55.1 Å². The van der Waals surface area contributed by atoms with Crippen molar-refractivity contribution in [3.63, 3.8) is 0 Å². The number of nitrogens with one attached hydrogen (secondary N) is 1. The van der Waals surface area contributed by atoms with E-state index in [1.54, 1.807) is 12.1 Å². The molecule has 2 rings (SSSR count). The molecule has 3 N–H and O–H groups in total. The number of amides is 1. The van der Waals surface area contributed by atoms with Crippen LogP contribution in [0.5, 0.6) is 0 Å². The molecule has 0 aliphatic heterocycles. The number of nitrogen functional groups attached to an aromatic ring is 1. The maximum absolute atomic E-state index is 13.4. The zero-order valence-electron chi connectivity index (χ0n) is 10.3. The highest BCUT2D eigenvalue weighted by molar-refractivity contribution is 5.94. The van der Waals surface area contributed by atoms with Gasteiger partial charge in [-0.15, -0.1) is 0 Å². The van der Waals surface area contributed by atoms with Crippen molar-refractivity contribution < 1.29 is 18.0 Å². The maximum atomic E-state index is 13.4. The number of nitrogens with two attached hydrogens (primary N) is 1. The Balaban J connectivity index is 2.11. The Hall–Kier alpha value is -2.50. The summed E-state index contributed by atoms with van der Waals surface area (Å²) in [5, 5.41) is 2.35. The van der Waals surface area contributed by atoms with Crippen molar-refractivity contribution in [1.29, 1.82) is 0 Å². The van der Waals surface area contributed by atoms with Crippen molar-refractivity contribution in [1.82, 2.24) is 5.32 Å². The lowest BCUT2D eigenvalue weighted by Gasteiger charge is -2.08. The molecule has 2 aromatic carbocycles. The van der Waals surface area contributed by atoms with E-state index in [1.165, 1.54) is 12.1 Å². The fraction of sp³-hybridized carbons (Fsp3) is 0.0714. The first kappa shape index (κ1) is 13.9. The zero-order valence-corrected chi connectivity index (χ0v) is 10.3. The number of hydrogen-bond acceptors (Lipinski definition) is 2. The van der Waals surface area contributed by atoms with Crippen LogP contribution in [-0.2, 0) is 6.54 Å². The Kier molecular flexibility index (Phi) is 3.93. The van der Waals surface area contributed by atoms with E-state index in [0.29, 0.717) is 17.8 Å². The summed E-state index contributed by atoms with van der Waals surface area (Å²) in [7, 11) is 0. The van der Waals surface area contributed by atoms with Crippen LogP contribution in [0.15, 0.2) is 36.4 Å². The van der Waals surface area contributed by atoms with Gasteiger partial charge in [-0.05, 0) is 18.2 Å². The second-order valence-electron chi connectivity index (χ2n) is 4.16. The Bertz CT molecular complexity index is 636. The number of carbonyl (C=O) groups excluding carboxylic acids is 1. The predicted octanol–water partition coefficient (Wildman–Crippen LogP) is 2.62. The summed E-state index contributed by atoms with van der Waals surface area (Å²) in [6, 6.07) is 7.27. The molecule has 0 spiro atoms. The van der Waals surface area contributed by atoms with Crippen molar-refractivity contribution in [3.05, 3.63) is 65.0 Å². The SMILES string of the molecule is Nc1cccc(C(=O)NCc2c(F)cc(F)cc2F)c1. The van der Waals surface area contributed by atoms with E-state index in [2.05, 4.69) is 5.32 Å². The molecule has 0 saturated heterocycles. The van der Waals surface area contributed by atoms with Gasteiger partial charge in [-0.2, -0.15) is 0 Å². The first-order valence-corrected chi connectivity index (χ1v) is 5.74. The molecule has 104 valence electrons. The molecule has 0 aromatic heterocycles. The van der Waals surface area contributed by atoms with Crippen LogP contribution in [0.1, 0.15) is 15.9 Å². The quantitative estimate of drug-likeness (QED) is 0.849. The van der Waals surface area contributed by atoms with Crippen molar-refractivity contribution in [2.45, 2.75) is 6.54 Å². The lowest BCUT2D eigenvalue weighted by atomic mass is 10.1. The lowest BCUT2D eigenvalue weighted by molar-refractivity contribution is 0.0950. The van der Waals surface area contributed by atoms with Gasteiger partial charge in [0.1, 0.15) is 17.5 Å². The number of anilines is 1. The van der Waals surface area contributed by atoms with E-state index < -0.39 is 28.9 Å². The summed E-state index contributed by atoms with van der Waals surface area (Å²) >= 11 is 0. The first-order chi connectivity index (χ1) is 9.47. The van der Waals surface area contributed by atoms with E-state index in [-0.39, 0.29) is 12.1 Å². The third-order valence-electron chi connectivity index (χ3n) is 2.68. The Labute approximate surface area is 113 Å². The van der Waals surface area contributed by atoms with Gasteiger partial charge < -0.3 is 11.1 Å². The number of rotatable bonds is 3. The van der Waals surface area contributed by atoms with Gasteiger partial charge in [-0.25, -0.2) is 13.2 Å². The molecule has 0 unspecified atom stereocenters. The second-order valence-corrected chi connectivity index (χ2v) is 4.16. The number of carbonyl (C=O) groups is 1. The fourth-order valence-electron chi connectivity index (χ4n) is 1.69. The van der Waals surface area contributed by atoms with Gasteiger partial charge in [0.2, 0.25) is 0 Å². The molecule has 0 atom stereocenters. The van der Waals surface area contributed by atoms with Crippen LogP contribution in [0.3, 0.4) is 0 Å². The lowest BCUT2D eigenvalue weighted by Crippen LogP contribution is -2.24. The molecule has 2 aromatic rings. The smallest absolute Gasteiger partial charge is 0.251 e. The van der Waals surface area contributed by atoms with Gasteiger partial charge in [0.15, 0.2) is 0 Å². The van der Waals surface area contributed by atoms with Crippen LogP contribution in [0.4, 0.5) is 18.9 Å². The highest BCUT2D eigenvalue weighted by Crippen LogP contribution is 2.15. The van der Waals surface area contributed by atoms with Gasteiger partial charge in [0, 0.05) is 35.5 Å². The maximum Gasteiger partial charge on any atom is 0.251 e. The minimum Gasteiger partial charge on any atom is -0.399 e. The summed E-state index contributed by atoms with van der Waals surface area (Å²) in [6.45, 7) is -0.383. The third-order valence-corrected chi connectivity index (χ3v) is 2.68. The molecular weight excluding hydrogens is 269 g/mol. The van der Waals surface area contributed by atoms with E-state index in [9.17, 15) is 18.0 Å². The average molecular weight is 280 g/mol. The second kappa shape index (κ2) is 5.64. The van der Waals surface area contributed by atoms with E-state index in [4.69, 9.17) is 5.73 Å². The Morgan fingerprint density at radius 2 is 1.75 bits per heavy atom. The molecule has 0 bridgehead atoms. The number of halogens is 3. The molecule has 0 saturated carbocycles. The van der Waals surface area contributed by atoms with Crippen LogP contribution in [0.25, 0.3) is 0 Å². The first-order valence-electron chi connectivity index (χ1n) is 5.74. The van der Waals surface area contributed by atoms with Crippen molar-refractivity contribution in [2.24, 2.45) is 0 Å². The van der Waals surface area contributed by atoms with Gasteiger partial charge in [0.05, 0.1) is 0 Å². The highest BCUT2D eigenvalue weighted by Gasteiger charge is 2.13. The summed E-state index contributed by atoms with van der Waals surface area (Å²) in [6.07, 6.45) is 0. The van der Waals surface area contributed by atoms with E-state index >= 15 is 0 Å². The molecule has 0 radical (unpaired) electrons. The molecule has 0 heterocycles. The predicted molar refractivity (Wildman–Crippen MR) is 68.3 cm³/mol. The normalized spacial score (nSPS) is 10.3. The molecule has 6 heteroatoms. The highest BCUT2D eigenvalue weighted by atomic mass is 19.1. The van der Waals surface area contributed by atoms with Crippen LogP contribution in [0, 0.1) is 17.5 Å². The zero-order chi connectivity index (χ0) is 14.7. The largest absolute Gasteiger partial charge is 0.399 e. The summed E-state index contributed by atoms with van der Waals surface area (Å²) in [4.78, 5) is 11.8. The van der Waals surface area contributed by atoms with Crippen LogP contribution >= 0.6 is 0 Å². The monoisotopic (exact) mass is 280 g/mol. The van der Waals surface area contributed by atoms with Gasteiger partial charge in [-0.1, -0.05) is 6.07 Å². The van der Waals surface area contributed by atoms with Crippen LogP contribution in [-0.4, -0.2) is 5.91 Å². The molecule has 0 aliphatic rings. The van der Waals surface area contributed by atoms with Gasteiger partial charge in [0.25, 0.3) is 5.91 Å². The molecule has 20 heavy (non-hydrogen) atoms. The third kappa shape index (κ3) is 3.09. The van der Waals surface area contributed by atoms with Gasteiger partial charge >= 0.3 is 0 Å². The minimum atomic E-state index is -1.05. The standard InChI is InChI=1S/C14H11F3N2O/c15-9-5-12(16)11(13(17)6-9)7-19-14(20)8-2-1-3-10(18)4-8/h1-6H,7,18H2,(H,19,20). The molecule has 0 fully saturated rings. The van der Waals surface area contributed by atoms with E-state index in [0.717, 1.165) is 0 Å². The number of hydrogen-bond donors (Lipinski definition) is 2. The average Bonchev–Trinajstić information content (AvgIpc) is 2.37. The van der Waals surface area contributed by atoms with Crippen molar-refractivity contribution in [2.75, 3.05) is 5.73 Å². The van der Waals surface area contributed by atoms with Gasteiger partial charge in [-0.3, -0.25) is 4.79 Å². The van der Waals surface area contributed by atoms with Crippen molar-refractivity contribution >= 4 is 11.6 Å². The van der Waals surface area contributed by atoms with E-state index in [1.807, 2.05) is 0 Å². The number of benzene rings is 2. The molecule has 3 nitrogen and oxygen atoms in total. The summed E-state index contributed by atoms with van der Waals surface area (Å²) < 4.78 is 39.5. The fourth-order valence-corrected chi connectivity index (χ4v) is 1.69. The summed E-state index contributed by atoms with van der Waals surface area (Å²) in [5.41, 5.74) is 5.80. The minimum absolute atomic E-state index is 0.271. The molecule has 1 amide bonds. The van der Waals surface area contributed by atoms with Crippen LogP contribution in [0.2, 0.25) is 0 Å². The molecule has 0 aliphatic carbocycles. The Morgan fingerprint density at radius 1 is 1.10 bits per heavy atom. The van der Waals surface area contributed by atoms with Crippen LogP contribution < -0.4 is 11.1 Å². The Morgan fingerprint density at radius 3 is 2.35 bits per heavy atom. The van der Waals surface area contributed by atoms with Crippen molar-refractivity contribution in [3.8, 4) is 0 Å². The summed E-state index contributed by atoms with van der Waals surface area (Å²) in [5.74, 6) is -3.63. The molecular formula is C14H11F3N2O.